The van der Waals surface area contributed by atoms with Crippen molar-refractivity contribution in [3.8, 4) is 5.75 Å². The van der Waals surface area contributed by atoms with Gasteiger partial charge in [0.15, 0.2) is 0 Å². The third-order valence-electron chi connectivity index (χ3n) is 4.03. The van der Waals surface area contributed by atoms with Gasteiger partial charge in [-0.2, -0.15) is 0 Å². The van der Waals surface area contributed by atoms with Crippen LogP contribution in [0.25, 0.3) is 11.0 Å². The second-order valence-electron chi connectivity index (χ2n) is 5.65. The van der Waals surface area contributed by atoms with Crippen LogP contribution in [0.15, 0.2) is 57.7 Å². The van der Waals surface area contributed by atoms with Crippen molar-refractivity contribution in [3.05, 3.63) is 75.1 Å². The number of halogens is 1. The van der Waals surface area contributed by atoms with Gasteiger partial charge >= 0.3 is 11.6 Å². The van der Waals surface area contributed by atoms with Crippen molar-refractivity contribution in [2.24, 2.45) is 0 Å². The molecule has 0 fully saturated rings. The van der Waals surface area contributed by atoms with Crippen molar-refractivity contribution in [1.29, 1.82) is 0 Å². The minimum Gasteiger partial charge on any atom is -0.472 e. The molecule has 1 atom stereocenters. The lowest BCUT2D eigenvalue weighted by atomic mass is 10.1. The lowest BCUT2D eigenvalue weighted by molar-refractivity contribution is -0.149. The maximum Gasteiger partial charge on any atom is 0.351 e. The maximum atomic E-state index is 12.2. The first-order valence-electron chi connectivity index (χ1n) is 8.09. The Labute approximate surface area is 155 Å². The van der Waals surface area contributed by atoms with Crippen molar-refractivity contribution in [1.82, 2.24) is 0 Å². The Morgan fingerprint density at radius 2 is 1.92 bits per heavy atom. The molecular formula is C20H17ClO5. The zero-order valence-corrected chi connectivity index (χ0v) is 15.1. The highest BCUT2D eigenvalue weighted by Gasteiger charge is 2.25. The predicted molar refractivity (Wildman–Crippen MR) is 98.7 cm³/mol. The molecule has 0 saturated carbocycles. The first-order valence-corrected chi connectivity index (χ1v) is 8.47. The molecular weight excluding hydrogens is 356 g/mol. The molecule has 6 heteroatoms. The summed E-state index contributed by atoms with van der Waals surface area (Å²) in [5, 5.41) is 1.05. The maximum absolute atomic E-state index is 12.2. The Morgan fingerprint density at radius 3 is 2.58 bits per heavy atom. The van der Waals surface area contributed by atoms with Crippen LogP contribution in [0.4, 0.5) is 0 Å². The quantitative estimate of drug-likeness (QED) is 0.493. The number of hydrogen-bond donors (Lipinski definition) is 0. The normalized spacial score (nSPS) is 12.0. The van der Waals surface area contributed by atoms with E-state index in [4.69, 9.17) is 25.5 Å². The Bertz CT molecular complexity index is 994. The highest BCUT2D eigenvalue weighted by Crippen LogP contribution is 2.34. The smallest absolute Gasteiger partial charge is 0.351 e. The highest BCUT2D eigenvalue weighted by molar-refractivity contribution is 6.32. The number of aryl methyl sites for hydroxylation is 1. The van der Waals surface area contributed by atoms with E-state index in [2.05, 4.69) is 0 Å². The molecule has 0 N–H and O–H groups in total. The second-order valence-corrected chi connectivity index (χ2v) is 6.06. The van der Waals surface area contributed by atoms with Gasteiger partial charge in [0.25, 0.3) is 0 Å². The highest BCUT2D eigenvalue weighted by atomic mass is 35.5. The third kappa shape index (κ3) is 3.58. The number of carbonyl (C=O) groups excluding carboxylic acids is 1. The van der Waals surface area contributed by atoms with Crippen LogP contribution in [-0.2, 0) is 16.0 Å². The van der Waals surface area contributed by atoms with Crippen LogP contribution in [0.3, 0.4) is 0 Å². The van der Waals surface area contributed by atoms with Crippen LogP contribution >= 0.6 is 11.6 Å². The van der Waals surface area contributed by atoms with Gasteiger partial charge < -0.3 is 13.9 Å². The lowest BCUT2D eigenvalue weighted by Gasteiger charge is -2.18. The Kier molecular flexibility index (Phi) is 5.28. The number of methoxy groups -OCH3 is 1. The molecule has 0 unspecified atom stereocenters. The molecule has 0 aliphatic rings. The molecule has 0 spiro atoms. The molecule has 5 nitrogen and oxygen atoms in total. The van der Waals surface area contributed by atoms with Gasteiger partial charge in [0.05, 0.1) is 12.1 Å². The molecule has 0 aliphatic heterocycles. The number of benzene rings is 2. The van der Waals surface area contributed by atoms with Crippen LogP contribution in [0.2, 0.25) is 5.02 Å². The summed E-state index contributed by atoms with van der Waals surface area (Å²) in [6, 6.07) is 13.6. The molecule has 134 valence electrons. The van der Waals surface area contributed by atoms with E-state index in [9.17, 15) is 9.59 Å². The summed E-state index contributed by atoms with van der Waals surface area (Å²) in [7, 11) is 1.29. The fraction of sp³-hybridized carbons (Fsp3) is 0.200. The van der Waals surface area contributed by atoms with E-state index in [0.29, 0.717) is 22.6 Å². The molecule has 1 heterocycles. The zero-order chi connectivity index (χ0) is 18.7. The fourth-order valence-electron chi connectivity index (χ4n) is 2.72. The molecule has 0 saturated heterocycles. The van der Waals surface area contributed by atoms with E-state index in [0.717, 1.165) is 10.9 Å². The van der Waals surface area contributed by atoms with E-state index < -0.39 is 17.7 Å². The summed E-state index contributed by atoms with van der Waals surface area (Å²) in [6.07, 6.45) is -0.329. The topological polar surface area (TPSA) is 65.7 Å². The minimum absolute atomic E-state index is 0.231. The number of carbonyl (C=O) groups is 1. The standard InChI is InChI=1S/C20H17ClO5/c1-3-12-9-18(22)25-16-11-17(15(21)10-14(12)16)26-19(20(23)24-2)13-7-5-4-6-8-13/h4-11,19H,3H2,1-2H3/t19-/m0/s1. The summed E-state index contributed by atoms with van der Waals surface area (Å²) in [4.78, 5) is 23.9. The van der Waals surface area contributed by atoms with E-state index >= 15 is 0 Å². The molecule has 2 aromatic carbocycles. The van der Waals surface area contributed by atoms with E-state index in [1.165, 1.54) is 19.2 Å². The summed E-state index contributed by atoms with van der Waals surface area (Å²) in [5.41, 5.74) is 1.36. The van der Waals surface area contributed by atoms with E-state index in [1.807, 2.05) is 13.0 Å². The summed E-state index contributed by atoms with van der Waals surface area (Å²) < 4.78 is 15.9. The molecule has 0 bridgehead atoms. The second kappa shape index (κ2) is 7.62. The molecule has 0 aliphatic carbocycles. The van der Waals surface area contributed by atoms with Crippen LogP contribution in [0, 0.1) is 0 Å². The first-order chi connectivity index (χ1) is 12.5. The van der Waals surface area contributed by atoms with Crippen molar-refractivity contribution in [2.75, 3.05) is 7.11 Å². The van der Waals surface area contributed by atoms with Gasteiger partial charge in [0, 0.05) is 23.1 Å². The SMILES string of the molecule is CCc1cc(=O)oc2cc(O[C@H](C(=O)OC)c3ccccc3)c(Cl)cc12. The van der Waals surface area contributed by atoms with Gasteiger partial charge in [0.2, 0.25) is 6.10 Å². The number of rotatable bonds is 5. The summed E-state index contributed by atoms with van der Waals surface area (Å²) in [6.45, 7) is 1.94. The fourth-order valence-corrected chi connectivity index (χ4v) is 2.93. The molecule has 26 heavy (non-hydrogen) atoms. The minimum atomic E-state index is -0.989. The third-order valence-corrected chi connectivity index (χ3v) is 4.32. The van der Waals surface area contributed by atoms with Crippen LogP contribution in [0.1, 0.15) is 24.2 Å². The van der Waals surface area contributed by atoms with Crippen LogP contribution in [0.5, 0.6) is 5.75 Å². The molecule has 0 amide bonds. The van der Waals surface area contributed by atoms with Gasteiger partial charge in [-0.15, -0.1) is 0 Å². The van der Waals surface area contributed by atoms with Gasteiger partial charge in [-0.05, 0) is 18.1 Å². The molecule has 3 rings (SSSR count). The Morgan fingerprint density at radius 1 is 1.19 bits per heavy atom. The zero-order valence-electron chi connectivity index (χ0n) is 14.3. The van der Waals surface area contributed by atoms with Crippen molar-refractivity contribution < 1.29 is 18.7 Å². The first kappa shape index (κ1) is 18.0. The van der Waals surface area contributed by atoms with E-state index in [1.54, 1.807) is 30.3 Å². The van der Waals surface area contributed by atoms with Gasteiger partial charge in [-0.3, -0.25) is 0 Å². The van der Waals surface area contributed by atoms with Crippen molar-refractivity contribution in [2.45, 2.75) is 19.4 Å². The molecule has 3 aromatic rings. The van der Waals surface area contributed by atoms with Gasteiger partial charge in [-0.25, -0.2) is 9.59 Å². The number of fused-ring (bicyclic) bond motifs is 1. The molecule has 0 radical (unpaired) electrons. The number of ether oxygens (including phenoxy) is 2. The van der Waals surface area contributed by atoms with Gasteiger partial charge in [-0.1, -0.05) is 48.9 Å². The number of esters is 1. The Hall–Kier alpha value is -2.79. The van der Waals surface area contributed by atoms with Crippen molar-refractivity contribution in [3.63, 3.8) is 0 Å². The molecule has 1 aromatic heterocycles. The van der Waals surface area contributed by atoms with Gasteiger partial charge in [0.1, 0.15) is 11.3 Å². The average molecular weight is 373 g/mol. The summed E-state index contributed by atoms with van der Waals surface area (Å²) >= 11 is 6.35. The predicted octanol–water partition coefficient (Wildman–Crippen LogP) is 4.30. The number of hydrogen-bond acceptors (Lipinski definition) is 5. The van der Waals surface area contributed by atoms with Crippen LogP contribution in [-0.4, -0.2) is 13.1 Å². The summed E-state index contributed by atoms with van der Waals surface area (Å²) in [5.74, 6) is -0.328. The largest absolute Gasteiger partial charge is 0.472 e. The monoisotopic (exact) mass is 372 g/mol. The van der Waals surface area contributed by atoms with Crippen molar-refractivity contribution >= 4 is 28.5 Å². The lowest BCUT2D eigenvalue weighted by Crippen LogP contribution is -2.20. The Balaban J connectivity index is 2.07. The average Bonchev–Trinajstić information content (AvgIpc) is 2.66. The van der Waals surface area contributed by atoms with Crippen LogP contribution < -0.4 is 10.4 Å². The van der Waals surface area contributed by atoms with E-state index in [-0.39, 0.29) is 5.75 Å².